The lowest BCUT2D eigenvalue weighted by molar-refractivity contribution is -0.122. The second kappa shape index (κ2) is 7.85. The van der Waals surface area contributed by atoms with Crippen molar-refractivity contribution in [3.05, 3.63) is 61.6 Å². The minimum absolute atomic E-state index is 0.0135. The Morgan fingerprint density at radius 3 is 2.65 bits per heavy atom. The lowest BCUT2D eigenvalue weighted by Gasteiger charge is -2.29. The lowest BCUT2D eigenvalue weighted by Crippen LogP contribution is -2.54. The van der Waals surface area contributed by atoms with E-state index in [-0.39, 0.29) is 10.7 Å². The Hall–Kier alpha value is -1.78. The normalized spacial score (nSPS) is 16.0. The Balaban J connectivity index is 2.01. The molecule has 0 aromatic heterocycles. The molecule has 0 radical (unpaired) electrons. The summed E-state index contributed by atoms with van der Waals surface area (Å²) in [6.45, 7) is 0. The summed E-state index contributed by atoms with van der Waals surface area (Å²) in [6.07, 6.45) is 1.55. The first-order chi connectivity index (χ1) is 12.4. The van der Waals surface area contributed by atoms with Gasteiger partial charge in [-0.25, -0.2) is 0 Å². The fraction of sp³-hybridized carbons (Fsp3) is 0.0556. The first-order valence-corrected chi connectivity index (χ1v) is 9.69. The van der Waals surface area contributed by atoms with Crippen LogP contribution in [-0.4, -0.2) is 24.0 Å². The Labute approximate surface area is 177 Å². The number of methoxy groups -OCH3 is 1. The number of hydrogen-bond acceptors (Lipinski definition) is 4. The summed E-state index contributed by atoms with van der Waals surface area (Å²) in [7, 11) is 1.59. The molecule has 1 N–H and O–H groups in total. The summed E-state index contributed by atoms with van der Waals surface area (Å²) in [5.74, 6) is -0.260. The highest BCUT2D eigenvalue weighted by atomic mass is 127. The van der Waals surface area contributed by atoms with Crippen molar-refractivity contribution in [3.63, 3.8) is 0 Å². The van der Waals surface area contributed by atoms with Crippen molar-refractivity contribution in [2.75, 3.05) is 12.0 Å². The molecule has 1 heterocycles. The molecule has 0 spiro atoms. The van der Waals surface area contributed by atoms with Crippen LogP contribution in [0.15, 0.2) is 52.5 Å². The van der Waals surface area contributed by atoms with Crippen LogP contribution >= 0.6 is 50.7 Å². The topological polar surface area (TPSA) is 58.6 Å². The average molecular weight is 543 g/mol. The number of anilines is 1. The fourth-order valence-corrected chi connectivity index (χ4v) is 3.87. The third-order valence-corrected chi connectivity index (χ3v) is 5.28. The van der Waals surface area contributed by atoms with E-state index >= 15 is 0 Å². The van der Waals surface area contributed by atoms with Crippen LogP contribution in [0.3, 0.4) is 0 Å². The molecule has 3 rings (SSSR count). The Morgan fingerprint density at radius 2 is 2.00 bits per heavy atom. The van der Waals surface area contributed by atoms with Crippen LogP contribution in [0.1, 0.15) is 5.56 Å². The molecule has 2 amide bonds. The average Bonchev–Trinajstić information content (AvgIpc) is 2.58. The molecule has 2 aromatic carbocycles. The molecule has 0 aliphatic carbocycles. The van der Waals surface area contributed by atoms with Gasteiger partial charge in [0.1, 0.15) is 11.3 Å². The smallest absolute Gasteiger partial charge is 0.270 e. The minimum Gasteiger partial charge on any atom is -0.496 e. The number of halogens is 2. The van der Waals surface area contributed by atoms with Crippen LogP contribution in [0.2, 0.25) is 0 Å². The first kappa shape index (κ1) is 19.0. The zero-order valence-electron chi connectivity index (χ0n) is 13.5. The van der Waals surface area contributed by atoms with Crippen molar-refractivity contribution in [3.8, 4) is 5.75 Å². The zero-order valence-corrected chi connectivity index (χ0v) is 18.0. The molecule has 1 aliphatic heterocycles. The molecule has 132 valence electrons. The van der Waals surface area contributed by atoms with Gasteiger partial charge in [-0.05, 0) is 76.8 Å². The van der Waals surface area contributed by atoms with Gasteiger partial charge in [-0.3, -0.25) is 19.8 Å². The van der Waals surface area contributed by atoms with Gasteiger partial charge >= 0.3 is 0 Å². The van der Waals surface area contributed by atoms with Crippen molar-refractivity contribution in [2.45, 2.75) is 0 Å². The summed E-state index contributed by atoms with van der Waals surface area (Å²) in [5, 5.41) is 2.63. The summed E-state index contributed by atoms with van der Waals surface area (Å²) in [6, 6.07) is 12.6. The molecule has 0 bridgehead atoms. The van der Waals surface area contributed by atoms with Gasteiger partial charge in [0.2, 0.25) is 0 Å². The van der Waals surface area contributed by atoms with Crippen LogP contribution in [0.25, 0.3) is 6.08 Å². The highest BCUT2D eigenvalue weighted by molar-refractivity contribution is 14.1. The largest absolute Gasteiger partial charge is 0.496 e. The maximum atomic E-state index is 12.9. The molecule has 8 heteroatoms. The van der Waals surface area contributed by atoms with Crippen molar-refractivity contribution in [1.29, 1.82) is 0 Å². The second-order valence-electron chi connectivity index (χ2n) is 5.33. The highest BCUT2D eigenvalue weighted by Crippen LogP contribution is 2.26. The lowest BCUT2D eigenvalue weighted by atomic mass is 10.1. The van der Waals surface area contributed by atoms with E-state index in [1.165, 1.54) is 4.90 Å². The van der Waals surface area contributed by atoms with Gasteiger partial charge in [0.05, 0.1) is 16.4 Å². The summed E-state index contributed by atoms with van der Waals surface area (Å²) >= 11 is 10.7. The maximum Gasteiger partial charge on any atom is 0.270 e. The van der Waals surface area contributed by atoms with Gasteiger partial charge in [0.15, 0.2) is 5.11 Å². The molecule has 5 nitrogen and oxygen atoms in total. The van der Waals surface area contributed by atoms with Gasteiger partial charge < -0.3 is 4.74 Å². The van der Waals surface area contributed by atoms with E-state index in [1.807, 2.05) is 12.1 Å². The number of nitrogens with one attached hydrogen (secondary N) is 1. The third kappa shape index (κ3) is 3.81. The van der Waals surface area contributed by atoms with Crippen LogP contribution in [0.4, 0.5) is 5.69 Å². The minimum atomic E-state index is -0.517. The van der Waals surface area contributed by atoms with Crippen LogP contribution in [-0.2, 0) is 9.59 Å². The molecule has 0 atom stereocenters. The predicted molar refractivity (Wildman–Crippen MR) is 116 cm³/mol. The number of thiocarbonyl (C=S) groups is 1. The van der Waals surface area contributed by atoms with Gasteiger partial charge in [-0.1, -0.05) is 28.1 Å². The number of hydrogen-bond donors (Lipinski definition) is 1. The van der Waals surface area contributed by atoms with Crippen molar-refractivity contribution in [2.24, 2.45) is 0 Å². The van der Waals surface area contributed by atoms with E-state index in [4.69, 9.17) is 17.0 Å². The summed E-state index contributed by atoms with van der Waals surface area (Å²) in [4.78, 5) is 26.6. The number of carbonyl (C=O) groups is 2. The van der Waals surface area contributed by atoms with E-state index in [2.05, 4.69) is 43.8 Å². The van der Waals surface area contributed by atoms with Crippen LogP contribution in [0.5, 0.6) is 5.75 Å². The Morgan fingerprint density at radius 1 is 1.23 bits per heavy atom. The number of carbonyl (C=O) groups excluding carboxylic acids is 2. The SMILES string of the molecule is COc1ccc(/C=C2\C(=O)NC(=S)N(c3cccc(Br)c3)C2=O)cc1I. The molecule has 0 unspecified atom stereocenters. The van der Waals surface area contributed by atoms with E-state index in [1.54, 1.807) is 43.5 Å². The maximum absolute atomic E-state index is 12.9. The number of rotatable bonds is 3. The number of benzene rings is 2. The molecule has 26 heavy (non-hydrogen) atoms. The van der Waals surface area contributed by atoms with Crippen molar-refractivity contribution >= 4 is 79.4 Å². The molecule has 1 fully saturated rings. The number of amides is 2. The summed E-state index contributed by atoms with van der Waals surface area (Å²) in [5.41, 5.74) is 1.31. The van der Waals surface area contributed by atoms with Crippen LogP contribution < -0.4 is 15.0 Å². The van der Waals surface area contributed by atoms with Crippen molar-refractivity contribution in [1.82, 2.24) is 5.32 Å². The molecular weight excluding hydrogens is 531 g/mol. The highest BCUT2D eigenvalue weighted by Gasteiger charge is 2.34. The summed E-state index contributed by atoms with van der Waals surface area (Å²) < 4.78 is 6.91. The standard InChI is InChI=1S/C18H12BrIN2O3S/c1-25-15-6-5-10(8-14(15)20)7-13-16(23)21-18(26)22(17(13)24)12-4-2-3-11(19)9-12/h2-9H,1H3,(H,21,23,26)/b13-7+. The number of nitrogens with zero attached hydrogens (tertiary/aromatic N) is 1. The third-order valence-electron chi connectivity index (χ3n) is 3.65. The van der Waals surface area contributed by atoms with Gasteiger partial charge in [0, 0.05) is 4.47 Å². The number of ether oxygens (including phenoxy) is 1. The Bertz CT molecular complexity index is 961. The Kier molecular flexibility index (Phi) is 5.73. The van der Waals surface area contributed by atoms with Crippen molar-refractivity contribution < 1.29 is 14.3 Å². The van der Waals surface area contributed by atoms with E-state index in [9.17, 15) is 9.59 Å². The van der Waals surface area contributed by atoms with Crippen LogP contribution in [0, 0.1) is 3.57 Å². The molecule has 2 aromatic rings. The van der Waals surface area contributed by atoms with Gasteiger partial charge in [0.25, 0.3) is 11.8 Å². The molecule has 0 saturated carbocycles. The van der Waals surface area contributed by atoms with E-state index < -0.39 is 11.8 Å². The second-order valence-corrected chi connectivity index (χ2v) is 7.80. The predicted octanol–water partition coefficient (Wildman–Crippen LogP) is 3.89. The fourth-order valence-electron chi connectivity index (χ4n) is 2.45. The van der Waals surface area contributed by atoms with E-state index in [0.29, 0.717) is 5.69 Å². The van der Waals surface area contributed by atoms with E-state index in [0.717, 1.165) is 19.4 Å². The quantitative estimate of drug-likeness (QED) is 0.277. The van der Waals surface area contributed by atoms with Gasteiger partial charge in [-0.15, -0.1) is 0 Å². The monoisotopic (exact) mass is 542 g/mol. The van der Waals surface area contributed by atoms with Gasteiger partial charge in [-0.2, -0.15) is 0 Å². The first-order valence-electron chi connectivity index (χ1n) is 7.41. The molecular formula is C18H12BrIN2O3S. The zero-order chi connectivity index (χ0) is 18.8. The molecule has 1 aliphatic rings. The molecule has 1 saturated heterocycles.